The summed E-state index contributed by atoms with van der Waals surface area (Å²) in [6.45, 7) is 1.93. The van der Waals surface area contributed by atoms with Crippen LogP contribution in [0.15, 0.2) is 42.7 Å². The van der Waals surface area contributed by atoms with E-state index in [2.05, 4.69) is 5.10 Å². The predicted molar refractivity (Wildman–Crippen MR) is 60.9 cm³/mol. The summed E-state index contributed by atoms with van der Waals surface area (Å²) >= 11 is 5.08. The molecule has 0 saturated carbocycles. The van der Waals surface area contributed by atoms with Crippen molar-refractivity contribution in [3.05, 3.63) is 48.3 Å². The summed E-state index contributed by atoms with van der Waals surface area (Å²) in [4.78, 5) is 0.914. The maximum absolute atomic E-state index is 5.08. The second-order valence-corrected chi connectivity index (χ2v) is 3.67. The third kappa shape index (κ3) is 1.72. The molecule has 0 fully saturated rings. The van der Waals surface area contributed by atoms with Gasteiger partial charge in [0.1, 0.15) is 0 Å². The molecule has 0 aliphatic heterocycles. The van der Waals surface area contributed by atoms with Gasteiger partial charge >= 0.3 is 0 Å². The average Bonchev–Trinajstić information content (AvgIpc) is 2.71. The van der Waals surface area contributed by atoms with Gasteiger partial charge in [0.2, 0.25) is 0 Å². The van der Waals surface area contributed by atoms with Crippen LogP contribution in [0.3, 0.4) is 0 Å². The van der Waals surface area contributed by atoms with Gasteiger partial charge in [-0.05, 0) is 30.7 Å². The van der Waals surface area contributed by atoms with Crippen LogP contribution in [-0.2, 0) is 0 Å². The molecule has 2 aromatic rings. The summed E-state index contributed by atoms with van der Waals surface area (Å²) in [5.41, 5.74) is 2.14. The molecule has 14 heavy (non-hydrogen) atoms. The van der Waals surface area contributed by atoms with Gasteiger partial charge < -0.3 is 0 Å². The minimum absolute atomic E-state index is 0.914. The quantitative estimate of drug-likeness (QED) is 0.550. The fourth-order valence-electron chi connectivity index (χ4n) is 1.27. The highest BCUT2D eigenvalue weighted by atomic mass is 32.1. The van der Waals surface area contributed by atoms with Gasteiger partial charge in [0, 0.05) is 17.3 Å². The average molecular weight is 202 g/mol. The maximum atomic E-state index is 5.08. The Kier molecular flexibility index (Phi) is 2.41. The molecular weight excluding hydrogens is 192 g/mol. The van der Waals surface area contributed by atoms with Crippen LogP contribution in [0.2, 0.25) is 0 Å². The fraction of sp³-hybridized carbons (Fsp3) is 0.0909. The lowest BCUT2D eigenvalue weighted by molar-refractivity contribution is 0.880. The minimum atomic E-state index is 0.914. The molecule has 1 aromatic heterocycles. The van der Waals surface area contributed by atoms with E-state index in [0.717, 1.165) is 16.1 Å². The molecule has 1 aromatic carbocycles. The first kappa shape index (κ1) is 9.09. The molecule has 0 atom stereocenters. The van der Waals surface area contributed by atoms with Gasteiger partial charge in [0.25, 0.3) is 0 Å². The van der Waals surface area contributed by atoms with Crippen LogP contribution >= 0.6 is 12.2 Å². The molecule has 0 spiro atoms. The number of hydrogen-bond donors (Lipinski definition) is 0. The van der Waals surface area contributed by atoms with Crippen molar-refractivity contribution < 1.29 is 0 Å². The SMILES string of the molecule is CC(=S)c1ccc(-n2cccn2)cc1. The molecule has 70 valence electrons. The lowest BCUT2D eigenvalue weighted by atomic mass is 10.1. The minimum Gasteiger partial charge on any atom is -0.241 e. The molecule has 0 aliphatic rings. The Morgan fingerprint density at radius 1 is 1.29 bits per heavy atom. The van der Waals surface area contributed by atoms with Crippen LogP contribution in [0.25, 0.3) is 5.69 Å². The Labute approximate surface area is 88.2 Å². The van der Waals surface area contributed by atoms with Gasteiger partial charge in [-0.25, -0.2) is 4.68 Å². The number of nitrogens with zero attached hydrogens (tertiary/aromatic N) is 2. The van der Waals surface area contributed by atoms with Crippen molar-refractivity contribution in [2.75, 3.05) is 0 Å². The standard InChI is InChI=1S/C11H10N2S/c1-9(14)10-3-5-11(6-4-10)13-8-2-7-12-13/h2-8H,1H3. The molecule has 2 nitrogen and oxygen atoms in total. The number of thiocarbonyl (C=S) groups is 1. The van der Waals surface area contributed by atoms with Crippen LogP contribution in [0.4, 0.5) is 0 Å². The lowest BCUT2D eigenvalue weighted by Gasteiger charge is -2.02. The van der Waals surface area contributed by atoms with E-state index in [1.54, 1.807) is 6.20 Å². The first-order chi connectivity index (χ1) is 6.77. The molecule has 2 rings (SSSR count). The largest absolute Gasteiger partial charge is 0.241 e. The highest BCUT2D eigenvalue weighted by Gasteiger charge is 1.97. The van der Waals surface area contributed by atoms with Crippen molar-refractivity contribution >= 4 is 17.1 Å². The normalized spacial score (nSPS) is 10.1. The van der Waals surface area contributed by atoms with E-state index in [4.69, 9.17) is 12.2 Å². The predicted octanol–water partition coefficient (Wildman–Crippen LogP) is 2.61. The Balaban J connectivity index is 2.36. The Morgan fingerprint density at radius 3 is 2.50 bits per heavy atom. The van der Waals surface area contributed by atoms with Gasteiger partial charge in [-0.1, -0.05) is 24.4 Å². The van der Waals surface area contributed by atoms with Crippen molar-refractivity contribution in [1.82, 2.24) is 9.78 Å². The Bertz CT molecular complexity index is 429. The summed E-state index contributed by atoms with van der Waals surface area (Å²) in [5, 5.41) is 4.14. The summed E-state index contributed by atoms with van der Waals surface area (Å²) in [6, 6.07) is 9.95. The zero-order valence-corrected chi connectivity index (χ0v) is 8.66. The zero-order chi connectivity index (χ0) is 9.97. The highest BCUT2D eigenvalue weighted by Crippen LogP contribution is 2.09. The Morgan fingerprint density at radius 2 is 2.00 bits per heavy atom. The maximum Gasteiger partial charge on any atom is 0.0645 e. The van der Waals surface area contributed by atoms with Crippen LogP contribution in [-0.4, -0.2) is 14.6 Å². The molecule has 0 saturated heterocycles. The molecule has 0 bridgehead atoms. The van der Waals surface area contributed by atoms with Crippen LogP contribution in [0, 0.1) is 0 Å². The zero-order valence-electron chi connectivity index (χ0n) is 7.84. The van der Waals surface area contributed by atoms with Crippen LogP contribution in [0.5, 0.6) is 0 Å². The van der Waals surface area contributed by atoms with Gasteiger partial charge in [0.15, 0.2) is 0 Å². The third-order valence-electron chi connectivity index (χ3n) is 2.04. The lowest BCUT2D eigenvalue weighted by Crippen LogP contribution is -1.95. The van der Waals surface area contributed by atoms with E-state index < -0.39 is 0 Å². The van der Waals surface area contributed by atoms with Crippen molar-refractivity contribution in [1.29, 1.82) is 0 Å². The first-order valence-electron chi connectivity index (χ1n) is 4.38. The molecule has 0 N–H and O–H groups in total. The number of rotatable bonds is 2. The van der Waals surface area contributed by atoms with E-state index in [-0.39, 0.29) is 0 Å². The highest BCUT2D eigenvalue weighted by molar-refractivity contribution is 7.80. The topological polar surface area (TPSA) is 17.8 Å². The Hall–Kier alpha value is -1.48. The third-order valence-corrected chi connectivity index (χ3v) is 2.28. The van der Waals surface area contributed by atoms with Crippen molar-refractivity contribution in [3.8, 4) is 5.69 Å². The molecule has 0 radical (unpaired) electrons. The van der Waals surface area contributed by atoms with Crippen molar-refractivity contribution in [3.63, 3.8) is 0 Å². The van der Waals surface area contributed by atoms with E-state index in [1.807, 2.05) is 48.1 Å². The second kappa shape index (κ2) is 3.72. The first-order valence-corrected chi connectivity index (χ1v) is 4.79. The molecule has 1 heterocycles. The molecule has 0 aliphatic carbocycles. The van der Waals surface area contributed by atoms with Gasteiger partial charge in [-0.15, -0.1) is 0 Å². The van der Waals surface area contributed by atoms with Gasteiger partial charge in [-0.2, -0.15) is 5.10 Å². The molecule has 0 amide bonds. The van der Waals surface area contributed by atoms with Crippen LogP contribution < -0.4 is 0 Å². The monoisotopic (exact) mass is 202 g/mol. The smallest absolute Gasteiger partial charge is 0.0645 e. The van der Waals surface area contributed by atoms with Crippen molar-refractivity contribution in [2.24, 2.45) is 0 Å². The fourth-order valence-corrected chi connectivity index (χ4v) is 1.41. The molecular formula is C11H10N2S. The molecule has 3 heteroatoms. The van der Waals surface area contributed by atoms with Crippen molar-refractivity contribution in [2.45, 2.75) is 6.92 Å². The summed E-state index contributed by atoms with van der Waals surface area (Å²) in [7, 11) is 0. The van der Waals surface area contributed by atoms with E-state index in [0.29, 0.717) is 0 Å². The number of benzene rings is 1. The van der Waals surface area contributed by atoms with E-state index in [9.17, 15) is 0 Å². The number of aromatic nitrogens is 2. The second-order valence-electron chi connectivity index (χ2n) is 3.05. The van der Waals surface area contributed by atoms with Gasteiger partial charge in [-0.3, -0.25) is 0 Å². The summed E-state index contributed by atoms with van der Waals surface area (Å²) in [6.07, 6.45) is 3.68. The summed E-state index contributed by atoms with van der Waals surface area (Å²) in [5.74, 6) is 0. The van der Waals surface area contributed by atoms with E-state index >= 15 is 0 Å². The van der Waals surface area contributed by atoms with Crippen LogP contribution in [0.1, 0.15) is 12.5 Å². The molecule has 0 unspecified atom stereocenters. The van der Waals surface area contributed by atoms with Gasteiger partial charge in [0.05, 0.1) is 5.69 Å². The number of hydrogen-bond acceptors (Lipinski definition) is 2. The summed E-state index contributed by atoms with van der Waals surface area (Å²) < 4.78 is 1.82. The van der Waals surface area contributed by atoms with E-state index in [1.165, 1.54) is 0 Å².